The van der Waals surface area contributed by atoms with Crippen LogP contribution >= 0.6 is 23.2 Å². The quantitative estimate of drug-likeness (QED) is 0.587. The first kappa shape index (κ1) is 15.3. The summed E-state index contributed by atoms with van der Waals surface area (Å²) in [4.78, 5) is 3.07. The molecule has 0 aliphatic heterocycles. The molecular formula is C18H17Cl2NO. The Morgan fingerprint density at radius 2 is 1.77 bits per heavy atom. The molecule has 0 bridgehead atoms. The second kappa shape index (κ2) is 6.64. The van der Waals surface area contributed by atoms with E-state index in [2.05, 4.69) is 36.2 Å². The van der Waals surface area contributed by atoms with E-state index in [0.717, 1.165) is 29.5 Å². The number of aryl methyl sites for hydroxylation is 2. The van der Waals surface area contributed by atoms with Crippen LogP contribution in [-0.4, -0.2) is 11.6 Å². The van der Waals surface area contributed by atoms with Gasteiger partial charge < -0.3 is 9.72 Å². The summed E-state index contributed by atoms with van der Waals surface area (Å²) >= 11 is 12.4. The molecule has 0 aliphatic rings. The van der Waals surface area contributed by atoms with Crippen LogP contribution in [0, 0.1) is 6.92 Å². The molecule has 0 unspecified atom stereocenters. The molecular weight excluding hydrogens is 317 g/mol. The van der Waals surface area contributed by atoms with Gasteiger partial charge >= 0.3 is 0 Å². The van der Waals surface area contributed by atoms with Gasteiger partial charge in [0, 0.05) is 6.20 Å². The van der Waals surface area contributed by atoms with Gasteiger partial charge in [0.05, 0.1) is 27.6 Å². The van der Waals surface area contributed by atoms with Crippen LogP contribution < -0.4 is 4.74 Å². The van der Waals surface area contributed by atoms with Crippen LogP contribution in [0.3, 0.4) is 0 Å². The number of aromatic nitrogens is 1. The first-order chi connectivity index (χ1) is 10.6. The summed E-state index contributed by atoms with van der Waals surface area (Å²) in [6.45, 7) is 2.74. The van der Waals surface area contributed by atoms with Gasteiger partial charge in [0.1, 0.15) is 5.75 Å². The standard InChI is InChI=1S/C18H17Cl2NO/c1-12-4-6-13(7-5-12)3-2-10-22-16-9-8-14(19)18-17(16)15(20)11-21-18/h4-9,11,21H,2-3,10H2,1H3. The Bertz CT molecular complexity index is 778. The largest absolute Gasteiger partial charge is 0.493 e. The predicted octanol–water partition coefficient (Wildman–Crippen LogP) is 5.79. The second-order valence-electron chi connectivity index (χ2n) is 5.37. The Kier molecular flexibility index (Phi) is 4.60. The first-order valence-electron chi connectivity index (χ1n) is 7.28. The molecule has 0 spiro atoms. The van der Waals surface area contributed by atoms with E-state index >= 15 is 0 Å². The normalized spacial score (nSPS) is 11.0. The van der Waals surface area contributed by atoms with Crippen molar-refractivity contribution in [3.63, 3.8) is 0 Å². The lowest BCUT2D eigenvalue weighted by Gasteiger charge is -2.09. The van der Waals surface area contributed by atoms with E-state index in [9.17, 15) is 0 Å². The van der Waals surface area contributed by atoms with Crippen molar-refractivity contribution in [2.24, 2.45) is 0 Å². The Morgan fingerprint density at radius 1 is 1.00 bits per heavy atom. The van der Waals surface area contributed by atoms with Crippen LogP contribution in [-0.2, 0) is 6.42 Å². The smallest absolute Gasteiger partial charge is 0.130 e. The molecule has 1 N–H and O–H groups in total. The van der Waals surface area contributed by atoms with Crippen molar-refractivity contribution in [3.05, 3.63) is 63.8 Å². The molecule has 0 radical (unpaired) electrons. The van der Waals surface area contributed by atoms with E-state index in [1.807, 2.05) is 12.1 Å². The SMILES string of the molecule is Cc1ccc(CCCOc2ccc(Cl)c3[nH]cc(Cl)c23)cc1. The molecule has 22 heavy (non-hydrogen) atoms. The van der Waals surface area contributed by atoms with Crippen molar-refractivity contribution >= 4 is 34.1 Å². The van der Waals surface area contributed by atoms with E-state index < -0.39 is 0 Å². The maximum atomic E-state index is 6.20. The van der Waals surface area contributed by atoms with Crippen LogP contribution in [0.5, 0.6) is 5.75 Å². The highest BCUT2D eigenvalue weighted by atomic mass is 35.5. The molecule has 0 saturated carbocycles. The minimum Gasteiger partial charge on any atom is -0.493 e. The van der Waals surface area contributed by atoms with Crippen molar-refractivity contribution in [1.82, 2.24) is 4.98 Å². The number of benzene rings is 2. The van der Waals surface area contributed by atoms with E-state index in [4.69, 9.17) is 27.9 Å². The van der Waals surface area contributed by atoms with Crippen LogP contribution in [0.1, 0.15) is 17.5 Å². The van der Waals surface area contributed by atoms with Gasteiger partial charge in [0.2, 0.25) is 0 Å². The van der Waals surface area contributed by atoms with Crippen LogP contribution in [0.25, 0.3) is 10.9 Å². The maximum Gasteiger partial charge on any atom is 0.130 e. The lowest BCUT2D eigenvalue weighted by molar-refractivity contribution is 0.314. The number of nitrogens with one attached hydrogen (secondary N) is 1. The number of aromatic amines is 1. The van der Waals surface area contributed by atoms with Gasteiger partial charge in [-0.05, 0) is 37.5 Å². The van der Waals surface area contributed by atoms with Crippen molar-refractivity contribution in [1.29, 1.82) is 0 Å². The fourth-order valence-electron chi connectivity index (χ4n) is 2.48. The fraction of sp³-hybridized carbons (Fsp3) is 0.222. The Hall–Kier alpha value is -1.64. The van der Waals surface area contributed by atoms with Crippen molar-refractivity contribution < 1.29 is 4.74 Å². The summed E-state index contributed by atoms with van der Waals surface area (Å²) in [5, 5.41) is 2.13. The average Bonchev–Trinajstić information content (AvgIpc) is 2.91. The minimum atomic E-state index is 0.631. The van der Waals surface area contributed by atoms with Crippen LogP contribution in [0.15, 0.2) is 42.6 Å². The molecule has 3 aromatic rings. The lowest BCUT2D eigenvalue weighted by Crippen LogP contribution is -2.00. The molecule has 1 aromatic heterocycles. The van der Waals surface area contributed by atoms with Gasteiger partial charge in [0.25, 0.3) is 0 Å². The van der Waals surface area contributed by atoms with E-state index in [-0.39, 0.29) is 0 Å². The molecule has 1 heterocycles. The number of rotatable bonds is 5. The number of ether oxygens (including phenoxy) is 1. The summed E-state index contributed by atoms with van der Waals surface area (Å²) in [6, 6.07) is 12.3. The summed E-state index contributed by atoms with van der Waals surface area (Å²) in [5.74, 6) is 0.773. The number of hydrogen-bond acceptors (Lipinski definition) is 1. The Morgan fingerprint density at radius 3 is 2.55 bits per heavy atom. The number of hydrogen-bond donors (Lipinski definition) is 1. The third kappa shape index (κ3) is 3.23. The third-order valence-corrected chi connectivity index (χ3v) is 4.30. The Balaban J connectivity index is 1.63. The molecule has 0 fully saturated rings. The monoisotopic (exact) mass is 333 g/mol. The van der Waals surface area contributed by atoms with Gasteiger partial charge in [-0.1, -0.05) is 53.0 Å². The summed E-state index contributed by atoms with van der Waals surface area (Å²) in [7, 11) is 0. The number of H-pyrrole nitrogens is 1. The number of halogens is 2. The van der Waals surface area contributed by atoms with Gasteiger partial charge in [-0.25, -0.2) is 0 Å². The first-order valence-corrected chi connectivity index (χ1v) is 8.04. The molecule has 2 aromatic carbocycles. The third-order valence-electron chi connectivity index (χ3n) is 3.69. The zero-order chi connectivity index (χ0) is 15.5. The predicted molar refractivity (Wildman–Crippen MR) is 93.3 cm³/mol. The lowest BCUT2D eigenvalue weighted by atomic mass is 10.1. The fourth-order valence-corrected chi connectivity index (χ4v) is 2.93. The molecule has 2 nitrogen and oxygen atoms in total. The Labute approximate surface area is 140 Å². The second-order valence-corrected chi connectivity index (χ2v) is 6.18. The van der Waals surface area contributed by atoms with E-state index in [1.165, 1.54) is 11.1 Å². The van der Waals surface area contributed by atoms with Crippen molar-refractivity contribution in [2.45, 2.75) is 19.8 Å². The highest BCUT2D eigenvalue weighted by Crippen LogP contribution is 2.36. The molecule has 0 saturated heterocycles. The average molecular weight is 334 g/mol. The van der Waals surface area contributed by atoms with E-state index in [1.54, 1.807) is 6.20 Å². The molecule has 0 amide bonds. The molecule has 0 atom stereocenters. The van der Waals surface area contributed by atoms with Gasteiger partial charge in [-0.3, -0.25) is 0 Å². The molecule has 4 heteroatoms. The van der Waals surface area contributed by atoms with Gasteiger partial charge in [-0.15, -0.1) is 0 Å². The highest BCUT2D eigenvalue weighted by molar-refractivity contribution is 6.40. The molecule has 114 valence electrons. The zero-order valence-electron chi connectivity index (χ0n) is 12.3. The van der Waals surface area contributed by atoms with Crippen LogP contribution in [0.4, 0.5) is 0 Å². The maximum absolute atomic E-state index is 6.20. The summed E-state index contributed by atoms with van der Waals surface area (Å²) in [6.07, 6.45) is 3.68. The van der Waals surface area contributed by atoms with Crippen LogP contribution in [0.2, 0.25) is 10.0 Å². The number of fused-ring (bicyclic) bond motifs is 1. The highest BCUT2D eigenvalue weighted by Gasteiger charge is 2.11. The molecule has 0 aliphatic carbocycles. The van der Waals surface area contributed by atoms with Crippen molar-refractivity contribution in [3.8, 4) is 5.75 Å². The van der Waals surface area contributed by atoms with Gasteiger partial charge in [0.15, 0.2) is 0 Å². The molecule has 3 rings (SSSR count). The van der Waals surface area contributed by atoms with Crippen molar-refractivity contribution in [2.75, 3.05) is 6.61 Å². The topological polar surface area (TPSA) is 25.0 Å². The summed E-state index contributed by atoms with van der Waals surface area (Å²) in [5.41, 5.74) is 3.43. The minimum absolute atomic E-state index is 0.631. The summed E-state index contributed by atoms with van der Waals surface area (Å²) < 4.78 is 5.90. The van der Waals surface area contributed by atoms with Gasteiger partial charge in [-0.2, -0.15) is 0 Å². The van der Waals surface area contributed by atoms with E-state index in [0.29, 0.717) is 16.7 Å². The zero-order valence-corrected chi connectivity index (χ0v) is 13.8.